The molecule has 1 aromatic rings. The number of methoxy groups -OCH3 is 1. The second-order valence-electron chi connectivity index (χ2n) is 8.77. The number of hydrogen-bond donors (Lipinski definition) is 0. The number of hydrogen-bond acceptors (Lipinski definition) is 8. The number of nitrogens with zero attached hydrogens (tertiary/aromatic N) is 1. The summed E-state index contributed by atoms with van der Waals surface area (Å²) in [4.78, 5) is 32.6. The molecule has 3 rings (SSSR count). The maximum atomic E-state index is 14.0. The zero-order chi connectivity index (χ0) is 25.6. The number of ether oxygens (including phenoxy) is 5. The zero-order valence-corrected chi connectivity index (χ0v) is 21.5. The molecule has 0 bridgehead atoms. The van der Waals surface area contributed by atoms with Gasteiger partial charge < -0.3 is 23.7 Å². The number of carbonyl (C=O) groups is 2. The fourth-order valence-corrected chi connectivity index (χ4v) is 4.76. The molecule has 1 aliphatic carbocycles. The molecule has 1 atom stereocenters. The topological polar surface area (TPSA) is 92.8 Å². The Balaban J connectivity index is 2.10. The van der Waals surface area contributed by atoms with Crippen LogP contribution >= 0.6 is 0 Å². The SMILES string of the molecule is CCOCOC1CCC2(CC1)C(OC(=O)OCC)=C(c1c(C)cccc1C)C(=O)N2OC(C)OC. The van der Waals surface area contributed by atoms with E-state index in [-0.39, 0.29) is 31.2 Å². The van der Waals surface area contributed by atoms with Crippen molar-refractivity contribution in [3.8, 4) is 0 Å². The van der Waals surface area contributed by atoms with E-state index in [0.717, 1.165) is 16.7 Å². The third kappa shape index (κ3) is 5.69. The summed E-state index contributed by atoms with van der Waals surface area (Å²) in [5, 5.41) is 1.34. The van der Waals surface area contributed by atoms with Crippen molar-refractivity contribution < 1.29 is 38.1 Å². The van der Waals surface area contributed by atoms with Gasteiger partial charge in [0.1, 0.15) is 12.3 Å². The van der Waals surface area contributed by atoms with E-state index >= 15 is 0 Å². The van der Waals surface area contributed by atoms with E-state index in [1.165, 1.54) is 12.2 Å². The molecule has 1 saturated carbocycles. The Morgan fingerprint density at radius 1 is 1.14 bits per heavy atom. The highest BCUT2D eigenvalue weighted by atomic mass is 16.8. The molecule has 9 heteroatoms. The molecule has 1 aromatic carbocycles. The highest BCUT2D eigenvalue weighted by Crippen LogP contribution is 2.50. The fraction of sp³-hybridized carbons (Fsp3) is 0.615. The van der Waals surface area contributed by atoms with Crippen LogP contribution in [0.2, 0.25) is 0 Å². The van der Waals surface area contributed by atoms with E-state index in [1.54, 1.807) is 13.8 Å². The van der Waals surface area contributed by atoms with Crippen molar-refractivity contribution in [2.45, 2.75) is 78.2 Å². The lowest BCUT2D eigenvalue weighted by molar-refractivity contribution is -0.287. The van der Waals surface area contributed by atoms with Crippen LogP contribution in [0.1, 0.15) is 63.1 Å². The number of aryl methyl sites for hydroxylation is 2. The fourth-order valence-electron chi connectivity index (χ4n) is 4.76. The van der Waals surface area contributed by atoms with Gasteiger partial charge in [-0.3, -0.25) is 4.79 Å². The third-order valence-corrected chi connectivity index (χ3v) is 6.55. The summed E-state index contributed by atoms with van der Waals surface area (Å²) < 4.78 is 27.5. The molecule has 1 fully saturated rings. The van der Waals surface area contributed by atoms with E-state index in [2.05, 4.69) is 0 Å². The van der Waals surface area contributed by atoms with E-state index in [9.17, 15) is 9.59 Å². The molecule has 0 radical (unpaired) electrons. The monoisotopic (exact) mass is 491 g/mol. The summed E-state index contributed by atoms with van der Waals surface area (Å²) in [5.41, 5.74) is 1.81. The third-order valence-electron chi connectivity index (χ3n) is 6.55. The van der Waals surface area contributed by atoms with E-state index in [0.29, 0.717) is 37.9 Å². The van der Waals surface area contributed by atoms with Crippen LogP contribution in [0.25, 0.3) is 5.57 Å². The van der Waals surface area contributed by atoms with Gasteiger partial charge in [-0.1, -0.05) is 18.2 Å². The average Bonchev–Trinajstić information content (AvgIpc) is 3.03. The molecule has 1 unspecified atom stereocenters. The van der Waals surface area contributed by atoms with Crippen LogP contribution in [0.4, 0.5) is 4.79 Å². The normalized spacial score (nSPS) is 23.2. The molecule has 1 heterocycles. The van der Waals surface area contributed by atoms with E-state index < -0.39 is 18.0 Å². The predicted octanol–water partition coefficient (Wildman–Crippen LogP) is 4.65. The summed E-state index contributed by atoms with van der Waals surface area (Å²) >= 11 is 0. The van der Waals surface area contributed by atoms with Gasteiger partial charge in [0.15, 0.2) is 12.0 Å². The Hall–Kier alpha value is -2.46. The van der Waals surface area contributed by atoms with Crippen molar-refractivity contribution in [1.29, 1.82) is 0 Å². The van der Waals surface area contributed by atoms with Crippen LogP contribution in [-0.2, 0) is 33.3 Å². The molecule has 35 heavy (non-hydrogen) atoms. The van der Waals surface area contributed by atoms with Gasteiger partial charge in [-0.05, 0) is 77.0 Å². The van der Waals surface area contributed by atoms with Crippen LogP contribution in [0.15, 0.2) is 24.0 Å². The lowest BCUT2D eigenvalue weighted by Gasteiger charge is -2.43. The largest absolute Gasteiger partial charge is 0.513 e. The Bertz CT molecular complexity index is 915. The average molecular weight is 492 g/mol. The maximum absolute atomic E-state index is 14.0. The van der Waals surface area contributed by atoms with Crippen LogP contribution in [0.3, 0.4) is 0 Å². The zero-order valence-electron chi connectivity index (χ0n) is 21.5. The minimum absolute atomic E-state index is 0.0444. The van der Waals surface area contributed by atoms with Crippen molar-refractivity contribution in [3.05, 3.63) is 40.6 Å². The molecular weight excluding hydrogens is 454 g/mol. The molecule has 0 aromatic heterocycles. The van der Waals surface area contributed by atoms with E-state index in [1.807, 2.05) is 39.0 Å². The van der Waals surface area contributed by atoms with Gasteiger partial charge in [-0.25, -0.2) is 14.7 Å². The Labute approximate surface area is 207 Å². The van der Waals surface area contributed by atoms with Gasteiger partial charge in [0.2, 0.25) is 0 Å². The Morgan fingerprint density at radius 3 is 2.37 bits per heavy atom. The highest BCUT2D eigenvalue weighted by Gasteiger charge is 2.57. The standard InChI is InChI=1S/C26H37NO8/c1-7-31-16-33-20-12-14-26(15-13-20)23(34-25(29)32-8-2)22(21-17(3)10-9-11-18(21)4)24(28)27(26)35-19(5)30-6/h9-11,19-20H,7-8,12-16H2,1-6H3. The van der Waals surface area contributed by atoms with E-state index in [4.69, 9.17) is 28.5 Å². The van der Waals surface area contributed by atoms with Gasteiger partial charge >= 0.3 is 6.16 Å². The summed E-state index contributed by atoms with van der Waals surface area (Å²) in [6.45, 7) is 10.1. The maximum Gasteiger partial charge on any atom is 0.513 e. The first-order valence-electron chi connectivity index (χ1n) is 12.2. The van der Waals surface area contributed by atoms with Crippen molar-refractivity contribution >= 4 is 17.6 Å². The van der Waals surface area contributed by atoms with Gasteiger partial charge in [0.05, 0.1) is 18.3 Å². The summed E-state index contributed by atoms with van der Waals surface area (Å²) in [6, 6.07) is 5.78. The summed E-state index contributed by atoms with van der Waals surface area (Å²) in [6.07, 6.45) is 0.592. The van der Waals surface area contributed by atoms with Crippen LogP contribution < -0.4 is 0 Å². The summed E-state index contributed by atoms with van der Waals surface area (Å²) in [7, 11) is 1.51. The summed E-state index contributed by atoms with van der Waals surface area (Å²) in [5.74, 6) is -0.121. The number of amides is 1. The first kappa shape index (κ1) is 27.1. The van der Waals surface area contributed by atoms with Crippen molar-refractivity contribution in [2.24, 2.45) is 0 Å². The molecule has 1 amide bonds. The first-order valence-corrected chi connectivity index (χ1v) is 12.2. The van der Waals surface area contributed by atoms with Crippen LogP contribution in [0, 0.1) is 13.8 Å². The molecule has 9 nitrogen and oxygen atoms in total. The first-order chi connectivity index (χ1) is 16.8. The molecule has 1 aliphatic heterocycles. The molecule has 1 spiro atoms. The molecule has 0 saturated heterocycles. The number of carbonyl (C=O) groups excluding carboxylic acids is 2. The van der Waals surface area contributed by atoms with Gasteiger partial charge in [0.25, 0.3) is 5.91 Å². The van der Waals surface area contributed by atoms with Gasteiger partial charge in [0, 0.05) is 13.7 Å². The van der Waals surface area contributed by atoms with Gasteiger partial charge in [-0.15, -0.1) is 0 Å². The van der Waals surface area contributed by atoms with Gasteiger partial charge in [-0.2, -0.15) is 0 Å². The van der Waals surface area contributed by atoms with Crippen molar-refractivity contribution in [2.75, 3.05) is 27.1 Å². The number of hydroxylamine groups is 2. The lowest BCUT2D eigenvalue weighted by atomic mass is 9.78. The number of benzene rings is 1. The second kappa shape index (κ2) is 12.0. The van der Waals surface area contributed by atoms with Crippen LogP contribution in [0.5, 0.6) is 0 Å². The quantitative estimate of drug-likeness (QED) is 0.265. The minimum atomic E-state index is -1.01. The highest BCUT2D eigenvalue weighted by molar-refractivity contribution is 6.23. The molecular formula is C26H37NO8. The predicted molar refractivity (Wildman–Crippen MR) is 128 cm³/mol. The minimum Gasteiger partial charge on any atom is -0.434 e. The number of rotatable bonds is 10. The van der Waals surface area contributed by atoms with Crippen molar-refractivity contribution in [3.63, 3.8) is 0 Å². The molecule has 194 valence electrons. The molecule has 2 aliphatic rings. The smallest absolute Gasteiger partial charge is 0.434 e. The second-order valence-corrected chi connectivity index (χ2v) is 8.77. The van der Waals surface area contributed by atoms with Crippen LogP contribution in [-0.4, -0.2) is 62.2 Å². The Kier molecular flexibility index (Phi) is 9.29. The lowest BCUT2D eigenvalue weighted by Crippen LogP contribution is -2.53. The Morgan fingerprint density at radius 2 is 1.80 bits per heavy atom. The van der Waals surface area contributed by atoms with Crippen molar-refractivity contribution in [1.82, 2.24) is 5.06 Å². The molecule has 0 N–H and O–H groups in total.